The van der Waals surface area contributed by atoms with Crippen LogP contribution >= 0.6 is 11.3 Å². The first-order valence-corrected chi connectivity index (χ1v) is 6.14. The summed E-state index contributed by atoms with van der Waals surface area (Å²) in [5.41, 5.74) is 1.13. The second-order valence-corrected chi connectivity index (χ2v) is 4.71. The lowest BCUT2D eigenvalue weighted by Crippen LogP contribution is -2.01. The first kappa shape index (κ1) is 11.6. The van der Waals surface area contributed by atoms with Gasteiger partial charge in [-0.2, -0.15) is 5.26 Å². The topological polar surface area (TPSA) is 45.9 Å². The zero-order valence-electron chi connectivity index (χ0n) is 9.51. The SMILES string of the molecule is Cc1ccccc1OCCc1ncc(C#N)s1. The second kappa shape index (κ2) is 5.46. The standard InChI is InChI=1S/C13H12N2OS/c1-10-4-2-3-5-12(10)16-7-6-13-15-9-11(8-14)17-13/h2-5,9H,6-7H2,1H3. The van der Waals surface area contributed by atoms with Gasteiger partial charge < -0.3 is 4.74 Å². The van der Waals surface area contributed by atoms with Crippen molar-refractivity contribution in [3.05, 3.63) is 45.9 Å². The molecule has 0 radical (unpaired) electrons. The number of thiazole rings is 1. The molecular formula is C13H12N2OS. The van der Waals surface area contributed by atoms with Crippen LogP contribution in [0.4, 0.5) is 0 Å². The lowest BCUT2D eigenvalue weighted by molar-refractivity contribution is 0.319. The van der Waals surface area contributed by atoms with E-state index in [1.54, 1.807) is 6.20 Å². The van der Waals surface area contributed by atoms with E-state index in [4.69, 9.17) is 10.00 Å². The zero-order valence-corrected chi connectivity index (χ0v) is 10.3. The van der Waals surface area contributed by atoms with Crippen LogP contribution < -0.4 is 4.74 Å². The van der Waals surface area contributed by atoms with Crippen molar-refractivity contribution in [2.24, 2.45) is 0 Å². The molecule has 0 aliphatic rings. The Balaban J connectivity index is 1.88. The van der Waals surface area contributed by atoms with Gasteiger partial charge in [0.1, 0.15) is 16.7 Å². The molecule has 0 saturated carbocycles. The van der Waals surface area contributed by atoms with Crippen molar-refractivity contribution in [1.82, 2.24) is 4.98 Å². The number of aryl methyl sites for hydroxylation is 1. The van der Waals surface area contributed by atoms with Gasteiger partial charge in [0.05, 0.1) is 17.8 Å². The number of nitrogens with zero attached hydrogens (tertiary/aromatic N) is 2. The van der Waals surface area contributed by atoms with Crippen LogP contribution in [0.25, 0.3) is 0 Å². The summed E-state index contributed by atoms with van der Waals surface area (Å²) in [5, 5.41) is 9.62. The summed E-state index contributed by atoms with van der Waals surface area (Å²) in [6.45, 7) is 2.61. The van der Waals surface area contributed by atoms with Crippen molar-refractivity contribution in [3.63, 3.8) is 0 Å². The van der Waals surface area contributed by atoms with Crippen LogP contribution in [0.5, 0.6) is 5.75 Å². The van der Waals surface area contributed by atoms with E-state index in [1.807, 2.05) is 31.2 Å². The fraction of sp³-hybridized carbons (Fsp3) is 0.231. The van der Waals surface area contributed by atoms with Crippen LogP contribution in [0, 0.1) is 18.3 Å². The van der Waals surface area contributed by atoms with Gasteiger partial charge in [-0.05, 0) is 18.6 Å². The van der Waals surface area contributed by atoms with Crippen molar-refractivity contribution in [2.45, 2.75) is 13.3 Å². The van der Waals surface area contributed by atoms with Gasteiger partial charge in [0, 0.05) is 6.42 Å². The molecule has 0 atom stereocenters. The maximum atomic E-state index is 8.68. The van der Waals surface area contributed by atoms with Crippen LogP contribution in [0.3, 0.4) is 0 Å². The molecule has 0 aliphatic heterocycles. The molecule has 0 bridgehead atoms. The average Bonchev–Trinajstić information content (AvgIpc) is 2.80. The van der Waals surface area contributed by atoms with Crippen LogP contribution in [0.2, 0.25) is 0 Å². The minimum atomic E-state index is 0.587. The minimum absolute atomic E-state index is 0.587. The number of rotatable bonds is 4. The molecule has 1 aromatic carbocycles. The highest BCUT2D eigenvalue weighted by Gasteiger charge is 2.02. The molecule has 2 aromatic rings. The predicted octanol–water partition coefficient (Wildman–Crippen LogP) is 2.94. The third-order valence-corrected chi connectivity index (χ3v) is 3.29. The smallest absolute Gasteiger partial charge is 0.124 e. The molecule has 0 N–H and O–H groups in total. The van der Waals surface area contributed by atoms with E-state index in [0.29, 0.717) is 11.5 Å². The molecule has 0 spiro atoms. The Kier molecular flexibility index (Phi) is 3.73. The van der Waals surface area contributed by atoms with E-state index >= 15 is 0 Å². The van der Waals surface area contributed by atoms with Crippen LogP contribution in [-0.2, 0) is 6.42 Å². The van der Waals surface area contributed by atoms with Crippen molar-refractivity contribution < 1.29 is 4.74 Å². The molecule has 0 fully saturated rings. The van der Waals surface area contributed by atoms with Crippen LogP contribution in [0.15, 0.2) is 30.5 Å². The Hall–Kier alpha value is -1.86. The molecular weight excluding hydrogens is 232 g/mol. The van der Waals surface area contributed by atoms with E-state index in [2.05, 4.69) is 11.1 Å². The monoisotopic (exact) mass is 244 g/mol. The molecule has 0 aliphatic carbocycles. The summed E-state index contributed by atoms with van der Waals surface area (Å²) in [4.78, 5) is 4.81. The summed E-state index contributed by atoms with van der Waals surface area (Å²) in [6.07, 6.45) is 2.34. The second-order valence-electron chi connectivity index (χ2n) is 3.59. The molecule has 0 saturated heterocycles. The highest BCUT2D eigenvalue weighted by molar-refractivity contribution is 7.12. The van der Waals surface area contributed by atoms with E-state index in [1.165, 1.54) is 11.3 Å². The number of benzene rings is 1. The average molecular weight is 244 g/mol. The summed E-state index contributed by atoms with van der Waals surface area (Å²) >= 11 is 1.42. The van der Waals surface area contributed by atoms with Gasteiger partial charge >= 0.3 is 0 Å². The fourth-order valence-electron chi connectivity index (χ4n) is 1.44. The predicted molar refractivity (Wildman–Crippen MR) is 67.2 cm³/mol. The first-order valence-electron chi connectivity index (χ1n) is 5.33. The lowest BCUT2D eigenvalue weighted by Gasteiger charge is -2.07. The van der Waals surface area contributed by atoms with Gasteiger partial charge in [0.2, 0.25) is 0 Å². The largest absolute Gasteiger partial charge is 0.493 e. The molecule has 0 amide bonds. The van der Waals surface area contributed by atoms with E-state index in [0.717, 1.165) is 22.7 Å². The minimum Gasteiger partial charge on any atom is -0.493 e. The molecule has 0 unspecified atom stereocenters. The molecule has 1 heterocycles. The third kappa shape index (κ3) is 3.05. The quantitative estimate of drug-likeness (QED) is 0.830. The number of hydrogen-bond donors (Lipinski definition) is 0. The normalized spacial score (nSPS) is 9.88. The molecule has 4 heteroatoms. The molecule has 17 heavy (non-hydrogen) atoms. The Morgan fingerprint density at radius 1 is 1.41 bits per heavy atom. The number of nitriles is 1. The summed E-state index contributed by atoms with van der Waals surface area (Å²) in [6, 6.07) is 10.0. The van der Waals surface area contributed by atoms with Crippen LogP contribution in [-0.4, -0.2) is 11.6 Å². The Morgan fingerprint density at radius 3 is 2.94 bits per heavy atom. The maximum Gasteiger partial charge on any atom is 0.124 e. The molecule has 3 nitrogen and oxygen atoms in total. The highest BCUT2D eigenvalue weighted by atomic mass is 32.1. The fourth-order valence-corrected chi connectivity index (χ4v) is 2.14. The van der Waals surface area contributed by atoms with E-state index in [9.17, 15) is 0 Å². The molecule has 1 aromatic heterocycles. The third-order valence-electron chi connectivity index (χ3n) is 2.33. The molecule has 86 valence electrons. The number of para-hydroxylation sites is 1. The maximum absolute atomic E-state index is 8.68. The Labute approximate surface area is 104 Å². The van der Waals surface area contributed by atoms with Crippen LogP contribution in [0.1, 0.15) is 15.4 Å². The van der Waals surface area contributed by atoms with Gasteiger partial charge in [-0.1, -0.05) is 18.2 Å². The summed E-state index contributed by atoms with van der Waals surface area (Å²) in [5.74, 6) is 0.907. The lowest BCUT2D eigenvalue weighted by atomic mass is 10.2. The summed E-state index contributed by atoms with van der Waals surface area (Å²) < 4.78 is 5.67. The van der Waals surface area contributed by atoms with E-state index in [-0.39, 0.29) is 0 Å². The van der Waals surface area contributed by atoms with Gasteiger partial charge in [-0.15, -0.1) is 11.3 Å². The van der Waals surface area contributed by atoms with Crippen molar-refractivity contribution in [2.75, 3.05) is 6.61 Å². The van der Waals surface area contributed by atoms with E-state index < -0.39 is 0 Å². The van der Waals surface area contributed by atoms with Gasteiger partial charge in [-0.25, -0.2) is 4.98 Å². The number of hydrogen-bond acceptors (Lipinski definition) is 4. The summed E-state index contributed by atoms with van der Waals surface area (Å²) in [7, 11) is 0. The van der Waals surface area contributed by atoms with Gasteiger partial charge in [0.15, 0.2) is 0 Å². The van der Waals surface area contributed by atoms with Crippen molar-refractivity contribution in [3.8, 4) is 11.8 Å². The van der Waals surface area contributed by atoms with Gasteiger partial charge in [-0.3, -0.25) is 0 Å². The highest BCUT2D eigenvalue weighted by Crippen LogP contribution is 2.17. The Bertz CT molecular complexity index is 542. The Morgan fingerprint density at radius 2 is 2.24 bits per heavy atom. The van der Waals surface area contributed by atoms with Crippen molar-refractivity contribution in [1.29, 1.82) is 5.26 Å². The zero-order chi connectivity index (χ0) is 12.1. The van der Waals surface area contributed by atoms with Crippen molar-refractivity contribution >= 4 is 11.3 Å². The van der Waals surface area contributed by atoms with Gasteiger partial charge in [0.25, 0.3) is 0 Å². The number of ether oxygens (including phenoxy) is 1. The first-order chi connectivity index (χ1) is 8.29. The number of aromatic nitrogens is 1. The molecule has 2 rings (SSSR count).